The Morgan fingerprint density at radius 3 is 2.30 bits per heavy atom. The molecule has 1 aromatic rings. The SMILES string of the molecule is CCC1(CC)CNC(=O)N(c2ccc(OC)cc2)C1=O. The zero-order valence-corrected chi connectivity index (χ0v) is 12.1. The number of ether oxygens (including phenoxy) is 1. The Labute approximate surface area is 118 Å². The highest BCUT2D eigenvalue weighted by Gasteiger charge is 2.45. The van der Waals surface area contributed by atoms with Crippen LogP contribution in [0.2, 0.25) is 0 Å². The maximum Gasteiger partial charge on any atom is 0.328 e. The molecule has 3 amide bonds. The molecule has 0 radical (unpaired) electrons. The van der Waals surface area contributed by atoms with E-state index in [9.17, 15) is 9.59 Å². The molecule has 0 spiro atoms. The van der Waals surface area contributed by atoms with Gasteiger partial charge in [0, 0.05) is 6.54 Å². The molecule has 1 aliphatic rings. The van der Waals surface area contributed by atoms with Gasteiger partial charge >= 0.3 is 6.03 Å². The number of hydrogen-bond acceptors (Lipinski definition) is 3. The van der Waals surface area contributed by atoms with E-state index >= 15 is 0 Å². The number of amides is 3. The van der Waals surface area contributed by atoms with Crippen molar-refractivity contribution in [1.82, 2.24) is 5.32 Å². The Kier molecular flexibility index (Phi) is 3.97. The van der Waals surface area contributed by atoms with Crippen molar-refractivity contribution in [2.45, 2.75) is 26.7 Å². The monoisotopic (exact) mass is 276 g/mol. The van der Waals surface area contributed by atoms with Crippen molar-refractivity contribution in [3.8, 4) is 5.75 Å². The lowest BCUT2D eigenvalue weighted by Crippen LogP contribution is -2.60. The number of methoxy groups -OCH3 is 1. The molecule has 1 saturated heterocycles. The zero-order valence-electron chi connectivity index (χ0n) is 12.1. The summed E-state index contributed by atoms with van der Waals surface area (Å²) < 4.78 is 5.09. The number of carbonyl (C=O) groups excluding carboxylic acids is 2. The predicted octanol–water partition coefficient (Wildman–Crippen LogP) is 2.56. The van der Waals surface area contributed by atoms with Crippen LogP contribution in [0.3, 0.4) is 0 Å². The van der Waals surface area contributed by atoms with Gasteiger partial charge in [0.1, 0.15) is 5.75 Å². The molecule has 0 aliphatic carbocycles. The van der Waals surface area contributed by atoms with Gasteiger partial charge in [-0.25, -0.2) is 9.69 Å². The minimum Gasteiger partial charge on any atom is -0.497 e. The Hall–Kier alpha value is -2.04. The topological polar surface area (TPSA) is 58.6 Å². The van der Waals surface area contributed by atoms with E-state index in [0.717, 1.165) is 0 Å². The first-order chi connectivity index (χ1) is 9.57. The molecule has 1 aliphatic heterocycles. The number of nitrogens with one attached hydrogen (secondary N) is 1. The van der Waals surface area contributed by atoms with E-state index in [0.29, 0.717) is 30.8 Å². The first kappa shape index (κ1) is 14.4. The minimum absolute atomic E-state index is 0.128. The maximum absolute atomic E-state index is 12.7. The number of benzene rings is 1. The van der Waals surface area contributed by atoms with Crippen LogP contribution in [0.1, 0.15) is 26.7 Å². The number of carbonyl (C=O) groups is 2. The van der Waals surface area contributed by atoms with Crippen LogP contribution < -0.4 is 15.0 Å². The average Bonchev–Trinajstić information content (AvgIpc) is 2.49. The number of anilines is 1. The zero-order chi connectivity index (χ0) is 14.8. The molecule has 1 fully saturated rings. The molecule has 5 heteroatoms. The molecule has 0 saturated carbocycles. The number of rotatable bonds is 4. The second-order valence-corrected chi connectivity index (χ2v) is 4.98. The molecule has 2 rings (SSSR count). The van der Waals surface area contributed by atoms with Crippen LogP contribution in [0.4, 0.5) is 10.5 Å². The Balaban J connectivity index is 2.36. The van der Waals surface area contributed by atoms with Crippen molar-refractivity contribution in [2.24, 2.45) is 5.41 Å². The first-order valence-corrected chi connectivity index (χ1v) is 6.84. The summed E-state index contributed by atoms with van der Waals surface area (Å²) >= 11 is 0. The fourth-order valence-corrected chi connectivity index (χ4v) is 2.50. The Bertz CT molecular complexity index is 506. The van der Waals surface area contributed by atoms with Crippen LogP contribution in [-0.2, 0) is 4.79 Å². The highest BCUT2D eigenvalue weighted by molar-refractivity contribution is 6.18. The van der Waals surface area contributed by atoms with E-state index in [2.05, 4.69) is 5.32 Å². The lowest BCUT2D eigenvalue weighted by atomic mass is 9.79. The normalized spacial score (nSPS) is 17.9. The quantitative estimate of drug-likeness (QED) is 0.919. The lowest BCUT2D eigenvalue weighted by molar-refractivity contribution is -0.128. The summed E-state index contributed by atoms with van der Waals surface area (Å²) in [4.78, 5) is 26.0. The summed E-state index contributed by atoms with van der Waals surface area (Å²) in [6.45, 7) is 4.36. The molecule has 0 bridgehead atoms. The third-order valence-corrected chi connectivity index (χ3v) is 4.12. The van der Waals surface area contributed by atoms with Gasteiger partial charge in [0.05, 0.1) is 18.2 Å². The standard InChI is InChI=1S/C15H20N2O3/c1-4-15(5-2)10-16-14(19)17(13(15)18)11-6-8-12(20-3)9-7-11/h6-9H,4-5,10H2,1-3H3,(H,16,19). The van der Waals surface area contributed by atoms with E-state index in [1.54, 1.807) is 31.4 Å². The summed E-state index contributed by atoms with van der Waals surface area (Å²) in [5, 5.41) is 2.82. The number of urea groups is 1. The fourth-order valence-electron chi connectivity index (χ4n) is 2.50. The van der Waals surface area contributed by atoms with Crippen molar-refractivity contribution in [3.63, 3.8) is 0 Å². The van der Waals surface area contributed by atoms with Crippen molar-refractivity contribution >= 4 is 17.6 Å². The highest BCUT2D eigenvalue weighted by Crippen LogP contribution is 2.34. The maximum atomic E-state index is 12.7. The predicted molar refractivity (Wildman–Crippen MR) is 76.9 cm³/mol. The van der Waals surface area contributed by atoms with Crippen molar-refractivity contribution in [3.05, 3.63) is 24.3 Å². The number of imide groups is 1. The first-order valence-electron chi connectivity index (χ1n) is 6.84. The van der Waals surface area contributed by atoms with Gasteiger partial charge < -0.3 is 10.1 Å². The molecular weight excluding hydrogens is 256 g/mol. The van der Waals surface area contributed by atoms with Gasteiger partial charge in [-0.3, -0.25) is 4.79 Å². The molecule has 1 N–H and O–H groups in total. The van der Waals surface area contributed by atoms with Gasteiger partial charge in [0.15, 0.2) is 0 Å². The summed E-state index contributed by atoms with van der Waals surface area (Å²) in [6.07, 6.45) is 1.41. The van der Waals surface area contributed by atoms with Crippen molar-refractivity contribution < 1.29 is 14.3 Å². The number of nitrogens with zero attached hydrogens (tertiary/aromatic N) is 1. The summed E-state index contributed by atoms with van der Waals surface area (Å²) in [7, 11) is 1.58. The van der Waals surface area contributed by atoms with E-state index in [-0.39, 0.29) is 11.9 Å². The van der Waals surface area contributed by atoms with Crippen LogP contribution in [0.5, 0.6) is 5.75 Å². The highest BCUT2D eigenvalue weighted by atomic mass is 16.5. The van der Waals surface area contributed by atoms with Gasteiger partial charge in [0.25, 0.3) is 0 Å². The minimum atomic E-state index is -0.506. The van der Waals surface area contributed by atoms with Crippen molar-refractivity contribution in [1.29, 1.82) is 0 Å². The van der Waals surface area contributed by atoms with Crippen LogP contribution in [0.15, 0.2) is 24.3 Å². The molecular formula is C15H20N2O3. The Morgan fingerprint density at radius 1 is 1.20 bits per heavy atom. The second kappa shape index (κ2) is 5.53. The molecule has 1 heterocycles. The molecule has 0 atom stereocenters. The average molecular weight is 276 g/mol. The van der Waals surface area contributed by atoms with Crippen LogP contribution in [0.25, 0.3) is 0 Å². The van der Waals surface area contributed by atoms with Gasteiger partial charge in [-0.15, -0.1) is 0 Å². The molecule has 0 aromatic heterocycles. The van der Waals surface area contributed by atoms with E-state index in [4.69, 9.17) is 4.74 Å². The summed E-state index contributed by atoms with van der Waals surface area (Å²) in [5.74, 6) is 0.562. The van der Waals surface area contributed by atoms with Gasteiger partial charge in [-0.05, 0) is 37.1 Å². The molecule has 108 valence electrons. The van der Waals surface area contributed by atoms with E-state index < -0.39 is 5.41 Å². The largest absolute Gasteiger partial charge is 0.497 e. The molecule has 1 aromatic carbocycles. The van der Waals surface area contributed by atoms with Crippen LogP contribution in [-0.4, -0.2) is 25.6 Å². The van der Waals surface area contributed by atoms with Crippen LogP contribution >= 0.6 is 0 Å². The Morgan fingerprint density at radius 2 is 1.80 bits per heavy atom. The number of hydrogen-bond donors (Lipinski definition) is 1. The lowest BCUT2D eigenvalue weighted by Gasteiger charge is -2.39. The summed E-state index contributed by atoms with van der Waals surface area (Å²) in [6, 6.07) is 6.56. The van der Waals surface area contributed by atoms with Crippen molar-refractivity contribution in [2.75, 3.05) is 18.6 Å². The van der Waals surface area contributed by atoms with E-state index in [1.165, 1.54) is 4.90 Å². The summed E-state index contributed by atoms with van der Waals surface area (Å²) in [5.41, 5.74) is 0.0627. The third kappa shape index (κ3) is 2.24. The van der Waals surface area contributed by atoms with Gasteiger partial charge in [0.2, 0.25) is 5.91 Å². The second-order valence-electron chi connectivity index (χ2n) is 4.98. The molecule has 0 unspecified atom stereocenters. The third-order valence-electron chi connectivity index (χ3n) is 4.12. The molecule has 5 nitrogen and oxygen atoms in total. The van der Waals surface area contributed by atoms with E-state index in [1.807, 2.05) is 13.8 Å². The smallest absolute Gasteiger partial charge is 0.328 e. The van der Waals surface area contributed by atoms with Gasteiger partial charge in [-0.1, -0.05) is 13.8 Å². The molecule has 20 heavy (non-hydrogen) atoms. The van der Waals surface area contributed by atoms with Crippen LogP contribution in [0, 0.1) is 5.41 Å². The van der Waals surface area contributed by atoms with Gasteiger partial charge in [-0.2, -0.15) is 0 Å². The fraction of sp³-hybridized carbons (Fsp3) is 0.467.